The van der Waals surface area contributed by atoms with E-state index in [0.717, 1.165) is 30.1 Å². The normalized spacial score (nSPS) is 18.1. The van der Waals surface area contributed by atoms with Crippen LogP contribution in [0.2, 0.25) is 0 Å². The average molecular weight is 338 g/mol. The number of hydrogen-bond acceptors (Lipinski definition) is 6. The first-order valence-electron chi connectivity index (χ1n) is 8.58. The van der Waals surface area contributed by atoms with Crippen LogP contribution in [0.25, 0.3) is 5.65 Å². The molecule has 2 fully saturated rings. The Kier molecular flexibility index (Phi) is 3.22. The summed E-state index contributed by atoms with van der Waals surface area (Å²) in [7, 11) is 0. The maximum atomic E-state index is 12.4. The molecule has 0 bridgehead atoms. The maximum absolute atomic E-state index is 12.4. The highest BCUT2D eigenvalue weighted by Crippen LogP contribution is 2.40. The van der Waals surface area contributed by atoms with Gasteiger partial charge in [0.15, 0.2) is 5.76 Å². The Morgan fingerprint density at radius 3 is 2.76 bits per heavy atom. The van der Waals surface area contributed by atoms with Gasteiger partial charge in [0.25, 0.3) is 5.91 Å². The molecule has 5 rings (SSSR count). The number of rotatable bonds is 3. The van der Waals surface area contributed by atoms with Crippen LogP contribution < -0.4 is 4.90 Å². The van der Waals surface area contributed by atoms with Gasteiger partial charge >= 0.3 is 0 Å². The lowest BCUT2D eigenvalue weighted by atomic mass is 10.2. The van der Waals surface area contributed by atoms with Gasteiger partial charge in [0.05, 0.1) is 17.6 Å². The second kappa shape index (κ2) is 5.58. The smallest absolute Gasteiger partial charge is 0.289 e. The van der Waals surface area contributed by atoms with E-state index in [4.69, 9.17) is 4.42 Å². The second-order valence-electron chi connectivity index (χ2n) is 6.58. The number of nitrogens with zero attached hydrogens (tertiary/aromatic N) is 6. The van der Waals surface area contributed by atoms with E-state index in [1.54, 1.807) is 23.0 Å². The summed E-state index contributed by atoms with van der Waals surface area (Å²) in [4.78, 5) is 16.5. The van der Waals surface area contributed by atoms with Gasteiger partial charge in [-0.1, -0.05) is 0 Å². The molecule has 4 heterocycles. The molecule has 25 heavy (non-hydrogen) atoms. The monoisotopic (exact) mass is 338 g/mol. The van der Waals surface area contributed by atoms with Gasteiger partial charge in [0.2, 0.25) is 5.65 Å². The lowest BCUT2D eigenvalue weighted by molar-refractivity contribution is 0.0715. The number of hydrogen-bond donors (Lipinski definition) is 0. The summed E-state index contributed by atoms with van der Waals surface area (Å²) in [6.07, 6.45) is 5.58. The highest BCUT2D eigenvalue weighted by molar-refractivity contribution is 5.91. The highest BCUT2D eigenvalue weighted by Gasteiger charge is 2.29. The largest absolute Gasteiger partial charge is 0.459 e. The summed E-state index contributed by atoms with van der Waals surface area (Å²) in [5, 5.41) is 12.8. The van der Waals surface area contributed by atoms with E-state index in [0.29, 0.717) is 24.8 Å². The Labute approximate surface area is 144 Å². The molecular weight excluding hydrogens is 320 g/mol. The predicted octanol–water partition coefficient (Wildman–Crippen LogP) is 1.56. The lowest BCUT2D eigenvalue weighted by Gasteiger charge is -2.35. The molecule has 3 aromatic rings. The number of amides is 1. The fraction of sp³-hybridized carbons (Fsp3) is 0.412. The van der Waals surface area contributed by atoms with Crippen molar-refractivity contribution in [3.8, 4) is 0 Å². The van der Waals surface area contributed by atoms with Crippen molar-refractivity contribution in [1.29, 1.82) is 0 Å². The molecule has 0 spiro atoms. The average Bonchev–Trinajstić information content (AvgIpc) is 3.16. The summed E-state index contributed by atoms with van der Waals surface area (Å²) >= 11 is 0. The third kappa shape index (κ3) is 2.54. The van der Waals surface area contributed by atoms with Crippen molar-refractivity contribution in [2.75, 3.05) is 31.1 Å². The molecule has 1 aliphatic heterocycles. The zero-order valence-corrected chi connectivity index (χ0v) is 13.7. The van der Waals surface area contributed by atoms with Gasteiger partial charge in [-0.3, -0.25) is 4.79 Å². The van der Waals surface area contributed by atoms with Crippen LogP contribution in [-0.2, 0) is 0 Å². The zero-order valence-electron chi connectivity index (χ0n) is 13.7. The third-order valence-corrected chi connectivity index (χ3v) is 4.90. The molecule has 0 atom stereocenters. The number of furan rings is 1. The maximum Gasteiger partial charge on any atom is 0.289 e. The van der Waals surface area contributed by atoms with E-state index in [1.165, 1.54) is 19.1 Å². The molecule has 8 heteroatoms. The van der Waals surface area contributed by atoms with Crippen molar-refractivity contribution < 1.29 is 9.21 Å². The van der Waals surface area contributed by atoms with Crippen LogP contribution >= 0.6 is 0 Å². The van der Waals surface area contributed by atoms with Crippen LogP contribution in [0.4, 0.5) is 5.69 Å². The lowest BCUT2D eigenvalue weighted by Crippen LogP contribution is -2.49. The minimum atomic E-state index is -0.0503. The van der Waals surface area contributed by atoms with Crippen molar-refractivity contribution in [3.05, 3.63) is 42.2 Å². The van der Waals surface area contributed by atoms with Gasteiger partial charge in [0, 0.05) is 32.1 Å². The molecule has 0 unspecified atom stereocenters. The van der Waals surface area contributed by atoms with Crippen molar-refractivity contribution in [3.63, 3.8) is 0 Å². The molecule has 128 valence electrons. The van der Waals surface area contributed by atoms with Gasteiger partial charge in [-0.2, -0.15) is 9.61 Å². The summed E-state index contributed by atoms with van der Waals surface area (Å²) in [5.41, 5.74) is 2.94. The van der Waals surface area contributed by atoms with Crippen LogP contribution in [0.1, 0.15) is 35.0 Å². The second-order valence-corrected chi connectivity index (χ2v) is 6.58. The molecule has 2 aliphatic rings. The SMILES string of the molecule is O=C(c1ccco1)N1CCN(c2cc(C3CC3)nn3cnnc23)CC1. The molecular formula is C17H18N6O2. The van der Waals surface area contributed by atoms with Crippen LogP contribution in [-0.4, -0.2) is 56.8 Å². The van der Waals surface area contributed by atoms with E-state index in [9.17, 15) is 4.79 Å². The summed E-state index contributed by atoms with van der Waals surface area (Å²) in [6, 6.07) is 5.59. The molecule has 1 saturated carbocycles. The number of anilines is 1. The minimum absolute atomic E-state index is 0.0503. The molecule has 0 radical (unpaired) electrons. The number of carbonyl (C=O) groups is 1. The number of piperazine rings is 1. The molecule has 1 saturated heterocycles. The predicted molar refractivity (Wildman–Crippen MR) is 89.6 cm³/mol. The molecule has 8 nitrogen and oxygen atoms in total. The summed E-state index contributed by atoms with van der Waals surface area (Å²) in [5.74, 6) is 0.909. The van der Waals surface area contributed by atoms with Crippen molar-refractivity contribution in [2.24, 2.45) is 0 Å². The Morgan fingerprint density at radius 2 is 2.04 bits per heavy atom. The Hall–Kier alpha value is -2.90. The van der Waals surface area contributed by atoms with Crippen LogP contribution in [0.15, 0.2) is 35.2 Å². The van der Waals surface area contributed by atoms with Crippen molar-refractivity contribution in [2.45, 2.75) is 18.8 Å². The fourth-order valence-corrected chi connectivity index (χ4v) is 3.35. The van der Waals surface area contributed by atoms with Gasteiger partial charge in [0.1, 0.15) is 6.33 Å². The standard InChI is InChI=1S/C17H18N6O2/c24-17(15-2-1-9-25-15)22-7-5-21(6-8-22)14-10-13(12-3-4-12)20-23-11-18-19-16(14)23/h1-2,9-12H,3-8H2. The quantitative estimate of drug-likeness (QED) is 0.721. The van der Waals surface area contributed by atoms with Crippen LogP contribution in [0.5, 0.6) is 0 Å². The molecule has 1 aliphatic carbocycles. The van der Waals surface area contributed by atoms with Gasteiger partial charge < -0.3 is 14.2 Å². The van der Waals surface area contributed by atoms with Gasteiger partial charge in [-0.05, 0) is 31.0 Å². The Bertz CT molecular complexity index is 907. The molecule has 1 amide bonds. The van der Waals surface area contributed by atoms with E-state index in [2.05, 4.69) is 26.3 Å². The van der Waals surface area contributed by atoms with Gasteiger partial charge in [-0.15, -0.1) is 10.2 Å². The Balaban J connectivity index is 1.38. The summed E-state index contributed by atoms with van der Waals surface area (Å²) < 4.78 is 6.99. The van der Waals surface area contributed by atoms with E-state index in [1.807, 2.05) is 4.90 Å². The first-order chi connectivity index (χ1) is 12.3. The minimum Gasteiger partial charge on any atom is -0.459 e. The highest BCUT2D eigenvalue weighted by atomic mass is 16.3. The van der Waals surface area contributed by atoms with Crippen LogP contribution in [0, 0.1) is 0 Å². The van der Waals surface area contributed by atoms with E-state index < -0.39 is 0 Å². The summed E-state index contributed by atoms with van der Waals surface area (Å²) in [6.45, 7) is 2.81. The molecule has 3 aromatic heterocycles. The zero-order chi connectivity index (χ0) is 16.8. The van der Waals surface area contributed by atoms with Crippen molar-refractivity contribution >= 4 is 17.2 Å². The van der Waals surface area contributed by atoms with Gasteiger partial charge in [-0.25, -0.2) is 0 Å². The first-order valence-corrected chi connectivity index (χ1v) is 8.58. The molecule has 0 N–H and O–H groups in total. The molecule has 0 aromatic carbocycles. The number of carbonyl (C=O) groups excluding carboxylic acids is 1. The van der Waals surface area contributed by atoms with Crippen LogP contribution in [0.3, 0.4) is 0 Å². The Morgan fingerprint density at radius 1 is 1.20 bits per heavy atom. The third-order valence-electron chi connectivity index (χ3n) is 4.90. The number of aromatic nitrogens is 4. The van der Waals surface area contributed by atoms with Crippen molar-refractivity contribution in [1.82, 2.24) is 24.7 Å². The van der Waals surface area contributed by atoms with E-state index in [-0.39, 0.29) is 5.91 Å². The topological polar surface area (TPSA) is 79.8 Å². The van der Waals surface area contributed by atoms with E-state index >= 15 is 0 Å². The number of fused-ring (bicyclic) bond motifs is 1. The fourth-order valence-electron chi connectivity index (χ4n) is 3.35. The first kappa shape index (κ1) is 14.4.